The van der Waals surface area contributed by atoms with Gasteiger partial charge in [0.15, 0.2) is 0 Å². The molecule has 4 heterocycles. The third-order valence-corrected chi connectivity index (χ3v) is 6.28. The minimum Gasteiger partial charge on any atom is -0.337 e. The van der Waals surface area contributed by atoms with Gasteiger partial charge in [-0.05, 0) is 50.2 Å². The number of thiophene rings is 1. The van der Waals surface area contributed by atoms with Crippen LogP contribution in [-0.2, 0) is 0 Å². The fourth-order valence-corrected chi connectivity index (χ4v) is 4.49. The molecule has 2 unspecified atom stereocenters. The average Bonchev–Trinajstić information content (AvgIpc) is 3.34. The lowest BCUT2D eigenvalue weighted by Crippen LogP contribution is -2.49. The van der Waals surface area contributed by atoms with Gasteiger partial charge in [0, 0.05) is 32.7 Å². The van der Waals surface area contributed by atoms with Gasteiger partial charge in [0.05, 0.1) is 10.9 Å². The van der Waals surface area contributed by atoms with Crippen molar-refractivity contribution in [3.05, 3.63) is 23.4 Å². The molecule has 0 saturated carbocycles. The average molecular weight is 362 g/mol. The van der Waals surface area contributed by atoms with Gasteiger partial charge in [-0.15, -0.1) is 11.3 Å². The summed E-state index contributed by atoms with van der Waals surface area (Å²) >= 11 is 1.64. The topological polar surface area (TPSA) is 57.4 Å². The van der Waals surface area contributed by atoms with Crippen LogP contribution in [0.25, 0.3) is 10.7 Å². The minimum absolute atomic E-state index is 0.180. The van der Waals surface area contributed by atoms with Crippen molar-refractivity contribution in [3.63, 3.8) is 0 Å². The Morgan fingerprint density at radius 3 is 2.96 bits per heavy atom. The zero-order chi connectivity index (χ0) is 17.1. The van der Waals surface area contributed by atoms with Gasteiger partial charge in [-0.1, -0.05) is 11.2 Å². The van der Waals surface area contributed by atoms with E-state index in [0.717, 1.165) is 42.9 Å². The molecule has 1 N–H and O–H groups in total. The van der Waals surface area contributed by atoms with E-state index in [1.54, 1.807) is 11.3 Å². The summed E-state index contributed by atoms with van der Waals surface area (Å²) < 4.78 is 5.53. The lowest BCUT2D eigenvalue weighted by atomic mass is 9.99. The van der Waals surface area contributed by atoms with Gasteiger partial charge >= 0.3 is 0 Å². The van der Waals surface area contributed by atoms with E-state index >= 15 is 0 Å². The molecule has 0 aromatic carbocycles. The summed E-state index contributed by atoms with van der Waals surface area (Å²) in [5.74, 6) is 2.26. The molecular formula is C18H27N5OS. The van der Waals surface area contributed by atoms with Crippen LogP contribution < -0.4 is 5.32 Å². The number of nitrogens with one attached hydrogen (secondary N) is 1. The smallest absolute Gasteiger partial charge is 0.244 e. The number of hydrogen-bond donors (Lipinski definition) is 1. The zero-order valence-electron chi connectivity index (χ0n) is 14.9. The second kappa shape index (κ2) is 7.95. The summed E-state index contributed by atoms with van der Waals surface area (Å²) in [6, 6.07) is 4.23. The van der Waals surface area contributed by atoms with Crippen LogP contribution in [0, 0.1) is 5.92 Å². The van der Waals surface area contributed by atoms with E-state index in [-0.39, 0.29) is 6.04 Å². The molecule has 0 aliphatic carbocycles. The van der Waals surface area contributed by atoms with E-state index in [4.69, 9.17) is 4.52 Å². The standard InChI is InChI=1S/C18H27N5OS/c1-14(18-20-17(21-24-18)16-5-3-11-25-16)23-9-7-22(8-10-23)13-15-4-2-6-19-12-15/h3,5,11,14-15,19H,2,4,6-10,12-13H2,1H3. The number of hydrogen-bond acceptors (Lipinski definition) is 7. The fourth-order valence-electron chi connectivity index (χ4n) is 3.85. The van der Waals surface area contributed by atoms with Gasteiger partial charge < -0.3 is 14.7 Å². The van der Waals surface area contributed by atoms with E-state index in [2.05, 4.69) is 32.2 Å². The van der Waals surface area contributed by atoms with Crippen LogP contribution >= 0.6 is 11.3 Å². The predicted octanol–water partition coefficient (Wildman–Crippen LogP) is 2.48. The maximum atomic E-state index is 5.53. The molecule has 2 fully saturated rings. The van der Waals surface area contributed by atoms with Gasteiger partial charge in [-0.2, -0.15) is 4.98 Å². The van der Waals surface area contributed by atoms with Gasteiger partial charge in [-0.3, -0.25) is 4.90 Å². The Kier molecular flexibility index (Phi) is 5.45. The molecule has 4 rings (SSSR count). The third kappa shape index (κ3) is 4.11. The van der Waals surface area contributed by atoms with Crippen molar-refractivity contribution in [3.8, 4) is 10.7 Å². The first kappa shape index (κ1) is 17.1. The van der Waals surface area contributed by atoms with E-state index in [1.807, 2.05) is 17.5 Å². The largest absolute Gasteiger partial charge is 0.337 e. The van der Waals surface area contributed by atoms with Gasteiger partial charge in [0.1, 0.15) is 0 Å². The van der Waals surface area contributed by atoms with Crippen LogP contribution in [0.2, 0.25) is 0 Å². The molecule has 0 bridgehead atoms. The maximum Gasteiger partial charge on any atom is 0.244 e. The molecule has 6 nitrogen and oxygen atoms in total. The zero-order valence-corrected chi connectivity index (χ0v) is 15.7. The highest BCUT2D eigenvalue weighted by molar-refractivity contribution is 7.13. The second-order valence-electron chi connectivity index (χ2n) is 7.16. The highest BCUT2D eigenvalue weighted by atomic mass is 32.1. The SMILES string of the molecule is CC(c1nc(-c2cccs2)no1)N1CCN(CC2CCCNC2)CC1. The highest BCUT2D eigenvalue weighted by Crippen LogP contribution is 2.26. The molecule has 2 aromatic heterocycles. The van der Waals surface area contributed by atoms with Gasteiger partial charge in [0.25, 0.3) is 0 Å². The first-order valence-corrected chi connectivity index (χ1v) is 10.2. The Bertz CT molecular complexity index is 644. The molecule has 7 heteroatoms. The first-order valence-electron chi connectivity index (χ1n) is 9.34. The minimum atomic E-state index is 0.180. The molecule has 2 atom stereocenters. The predicted molar refractivity (Wildman–Crippen MR) is 99.6 cm³/mol. The lowest BCUT2D eigenvalue weighted by Gasteiger charge is -2.38. The molecule has 2 aromatic rings. The molecule has 0 spiro atoms. The van der Waals surface area contributed by atoms with E-state index in [9.17, 15) is 0 Å². The Balaban J connectivity index is 1.30. The van der Waals surface area contributed by atoms with Crippen molar-refractivity contribution in [2.45, 2.75) is 25.8 Å². The van der Waals surface area contributed by atoms with Crippen molar-refractivity contribution >= 4 is 11.3 Å². The number of piperidine rings is 1. The summed E-state index contributed by atoms with van der Waals surface area (Å²) in [5.41, 5.74) is 0. The Morgan fingerprint density at radius 1 is 1.36 bits per heavy atom. The summed E-state index contributed by atoms with van der Waals surface area (Å²) in [7, 11) is 0. The van der Waals surface area contributed by atoms with Crippen molar-refractivity contribution in [2.24, 2.45) is 5.92 Å². The molecule has 0 radical (unpaired) electrons. The monoisotopic (exact) mass is 361 g/mol. The van der Waals surface area contributed by atoms with Crippen LogP contribution in [0.15, 0.2) is 22.0 Å². The highest BCUT2D eigenvalue weighted by Gasteiger charge is 2.27. The normalized spacial score (nSPS) is 24.4. The van der Waals surface area contributed by atoms with Crippen LogP contribution in [0.5, 0.6) is 0 Å². The summed E-state index contributed by atoms with van der Waals surface area (Å²) in [5, 5.41) is 9.71. The van der Waals surface area contributed by atoms with Crippen LogP contribution in [0.1, 0.15) is 31.7 Å². The molecule has 0 amide bonds. The summed E-state index contributed by atoms with van der Waals surface area (Å²) in [6.07, 6.45) is 2.70. The number of rotatable bonds is 5. The number of piperazine rings is 1. The van der Waals surface area contributed by atoms with Crippen LogP contribution in [0.4, 0.5) is 0 Å². The van der Waals surface area contributed by atoms with Crippen molar-refractivity contribution in [2.75, 3.05) is 45.8 Å². The molecule has 2 saturated heterocycles. The number of aromatic nitrogens is 2. The molecule has 2 aliphatic heterocycles. The lowest BCUT2D eigenvalue weighted by molar-refractivity contribution is 0.0764. The third-order valence-electron chi connectivity index (χ3n) is 5.41. The molecule has 136 valence electrons. The van der Waals surface area contributed by atoms with Crippen molar-refractivity contribution in [1.82, 2.24) is 25.3 Å². The number of nitrogens with zero attached hydrogens (tertiary/aromatic N) is 4. The van der Waals surface area contributed by atoms with Crippen LogP contribution in [-0.4, -0.2) is 65.8 Å². The maximum absolute atomic E-state index is 5.53. The first-order chi connectivity index (χ1) is 12.3. The second-order valence-corrected chi connectivity index (χ2v) is 8.11. The molecule has 25 heavy (non-hydrogen) atoms. The molecular weight excluding hydrogens is 334 g/mol. The van der Waals surface area contributed by atoms with E-state index in [1.165, 1.54) is 32.5 Å². The Hall–Kier alpha value is -1.28. The Labute approximate surface area is 153 Å². The van der Waals surface area contributed by atoms with E-state index in [0.29, 0.717) is 5.82 Å². The quantitative estimate of drug-likeness (QED) is 0.883. The van der Waals surface area contributed by atoms with Crippen LogP contribution in [0.3, 0.4) is 0 Å². The Morgan fingerprint density at radius 2 is 2.24 bits per heavy atom. The van der Waals surface area contributed by atoms with Gasteiger partial charge in [-0.25, -0.2) is 0 Å². The molecule has 2 aliphatic rings. The van der Waals surface area contributed by atoms with E-state index < -0.39 is 0 Å². The van der Waals surface area contributed by atoms with Gasteiger partial charge in [0.2, 0.25) is 11.7 Å². The van der Waals surface area contributed by atoms with Crippen molar-refractivity contribution in [1.29, 1.82) is 0 Å². The summed E-state index contributed by atoms with van der Waals surface area (Å²) in [6.45, 7) is 10.2. The summed E-state index contributed by atoms with van der Waals surface area (Å²) in [4.78, 5) is 10.7. The fraction of sp³-hybridized carbons (Fsp3) is 0.667. The van der Waals surface area contributed by atoms with Crippen molar-refractivity contribution < 1.29 is 4.52 Å².